The summed E-state index contributed by atoms with van der Waals surface area (Å²) >= 11 is 0. The lowest BCUT2D eigenvalue weighted by Gasteiger charge is -2.24. The molecule has 0 spiro atoms. The predicted octanol–water partition coefficient (Wildman–Crippen LogP) is 1.06. The van der Waals surface area contributed by atoms with E-state index in [0.717, 1.165) is 13.0 Å². The van der Waals surface area contributed by atoms with Gasteiger partial charge in [-0.05, 0) is 40.2 Å². The van der Waals surface area contributed by atoms with Gasteiger partial charge in [-0.2, -0.15) is 0 Å². The van der Waals surface area contributed by atoms with E-state index in [-0.39, 0.29) is 18.1 Å². The van der Waals surface area contributed by atoms with Crippen molar-refractivity contribution < 1.29 is 9.53 Å². The van der Waals surface area contributed by atoms with Crippen molar-refractivity contribution in [3.8, 4) is 0 Å². The molecule has 0 bridgehead atoms. The summed E-state index contributed by atoms with van der Waals surface area (Å²) in [6.07, 6.45) is 3.66. The van der Waals surface area contributed by atoms with Crippen molar-refractivity contribution in [2.75, 3.05) is 19.7 Å². The fourth-order valence-electron chi connectivity index (χ4n) is 1.67. The number of carbonyl (C=O) groups is 1. The standard InChI is InChI=1S/C12H24N2O2/c1-12(2,3)16-9-11(15)14-8-10-6-4-5-7-13-10/h10,13H,4-9H2,1-3H3,(H,14,15). The van der Waals surface area contributed by atoms with Crippen molar-refractivity contribution in [3.05, 3.63) is 0 Å². The molecule has 0 aliphatic carbocycles. The molecule has 1 aliphatic heterocycles. The third kappa shape index (κ3) is 6.08. The van der Waals surface area contributed by atoms with Crippen molar-refractivity contribution in [1.29, 1.82) is 0 Å². The van der Waals surface area contributed by atoms with E-state index in [4.69, 9.17) is 4.74 Å². The van der Waals surface area contributed by atoms with Crippen molar-refractivity contribution >= 4 is 5.91 Å². The lowest BCUT2D eigenvalue weighted by Crippen LogP contribution is -2.44. The van der Waals surface area contributed by atoms with E-state index in [2.05, 4.69) is 10.6 Å². The highest BCUT2D eigenvalue weighted by Crippen LogP contribution is 2.07. The SMILES string of the molecule is CC(C)(C)OCC(=O)NCC1CCCCN1. The van der Waals surface area contributed by atoms with E-state index in [0.29, 0.717) is 12.6 Å². The number of hydrogen-bond donors (Lipinski definition) is 2. The van der Waals surface area contributed by atoms with Crippen LogP contribution in [0.1, 0.15) is 40.0 Å². The van der Waals surface area contributed by atoms with Gasteiger partial charge in [-0.15, -0.1) is 0 Å². The maximum absolute atomic E-state index is 11.5. The molecule has 1 atom stereocenters. The molecule has 0 radical (unpaired) electrons. The van der Waals surface area contributed by atoms with Gasteiger partial charge in [-0.3, -0.25) is 4.79 Å². The molecule has 94 valence electrons. The maximum Gasteiger partial charge on any atom is 0.246 e. The van der Waals surface area contributed by atoms with Gasteiger partial charge in [0, 0.05) is 12.6 Å². The quantitative estimate of drug-likeness (QED) is 0.756. The van der Waals surface area contributed by atoms with Crippen LogP contribution in [0.5, 0.6) is 0 Å². The van der Waals surface area contributed by atoms with Crippen LogP contribution < -0.4 is 10.6 Å². The summed E-state index contributed by atoms with van der Waals surface area (Å²) in [4.78, 5) is 11.5. The summed E-state index contributed by atoms with van der Waals surface area (Å²) in [5, 5.41) is 6.29. The van der Waals surface area contributed by atoms with Gasteiger partial charge in [-0.25, -0.2) is 0 Å². The van der Waals surface area contributed by atoms with Crippen molar-refractivity contribution in [3.63, 3.8) is 0 Å². The highest BCUT2D eigenvalue weighted by Gasteiger charge is 2.15. The first-order chi connectivity index (χ1) is 7.47. The summed E-state index contributed by atoms with van der Waals surface area (Å²) in [6, 6.07) is 0.437. The number of carbonyl (C=O) groups excluding carboxylic acids is 1. The Hall–Kier alpha value is -0.610. The van der Waals surface area contributed by atoms with Crippen LogP contribution in [-0.2, 0) is 9.53 Å². The largest absolute Gasteiger partial charge is 0.366 e. The van der Waals surface area contributed by atoms with Crippen molar-refractivity contribution in [1.82, 2.24) is 10.6 Å². The Morgan fingerprint density at radius 3 is 2.75 bits per heavy atom. The van der Waals surface area contributed by atoms with Crippen molar-refractivity contribution in [2.24, 2.45) is 0 Å². The topological polar surface area (TPSA) is 50.4 Å². The zero-order chi connectivity index (χ0) is 12.0. The Morgan fingerprint density at radius 1 is 1.44 bits per heavy atom. The molecule has 0 aromatic carbocycles. The van der Waals surface area contributed by atoms with Gasteiger partial charge in [0.25, 0.3) is 0 Å². The van der Waals surface area contributed by atoms with Crippen LogP contribution >= 0.6 is 0 Å². The van der Waals surface area contributed by atoms with Gasteiger partial charge >= 0.3 is 0 Å². The zero-order valence-electron chi connectivity index (χ0n) is 10.6. The summed E-state index contributed by atoms with van der Waals surface area (Å²) in [5.74, 6) is -0.0256. The highest BCUT2D eigenvalue weighted by molar-refractivity contribution is 5.77. The van der Waals surface area contributed by atoms with Crippen LogP contribution in [0, 0.1) is 0 Å². The number of nitrogens with one attached hydrogen (secondary N) is 2. The number of amides is 1. The van der Waals surface area contributed by atoms with Gasteiger partial charge in [0.05, 0.1) is 5.60 Å². The first-order valence-corrected chi connectivity index (χ1v) is 6.11. The number of ether oxygens (including phenoxy) is 1. The average molecular weight is 228 g/mol. The van der Waals surface area contributed by atoms with E-state index in [1.54, 1.807) is 0 Å². The summed E-state index contributed by atoms with van der Waals surface area (Å²) in [5.41, 5.74) is -0.250. The van der Waals surface area contributed by atoms with Gasteiger partial charge in [0.15, 0.2) is 0 Å². The molecule has 16 heavy (non-hydrogen) atoms. The Labute approximate surface area is 98.1 Å². The minimum Gasteiger partial charge on any atom is -0.366 e. The normalized spacial score (nSPS) is 21.8. The monoisotopic (exact) mass is 228 g/mol. The Kier molecular flexibility index (Phi) is 5.22. The molecule has 0 saturated carbocycles. The van der Waals surface area contributed by atoms with Crippen LogP contribution in [0.15, 0.2) is 0 Å². The van der Waals surface area contributed by atoms with Gasteiger partial charge in [0.2, 0.25) is 5.91 Å². The Bertz CT molecular complexity index is 218. The molecule has 1 aliphatic rings. The molecular weight excluding hydrogens is 204 g/mol. The molecule has 1 saturated heterocycles. The second-order valence-electron chi connectivity index (χ2n) is 5.35. The number of hydrogen-bond acceptors (Lipinski definition) is 3. The minimum absolute atomic E-state index is 0.0256. The zero-order valence-corrected chi connectivity index (χ0v) is 10.6. The van der Waals surface area contributed by atoms with Crippen LogP contribution in [0.2, 0.25) is 0 Å². The van der Waals surface area contributed by atoms with E-state index in [1.807, 2.05) is 20.8 Å². The van der Waals surface area contributed by atoms with Crippen LogP contribution in [0.4, 0.5) is 0 Å². The van der Waals surface area contributed by atoms with Gasteiger partial charge in [0.1, 0.15) is 6.61 Å². The van der Waals surface area contributed by atoms with Crippen LogP contribution in [0.25, 0.3) is 0 Å². The van der Waals surface area contributed by atoms with Gasteiger partial charge < -0.3 is 15.4 Å². The molecular formula is C12H24N2O2. The third-order valence-electron chi connectivity index (χ3n) is 2.59. The van der Waals surface area contributed by atoms with E-state index in [9.17, 15) is 4.79 Å². The van der Waals surface area contributed by atoms with E-state index < -0.39 is 0 Å². The molecule has 0 aromatic heterocycles. The lowest BCUT2D eigenvalue weighted by atomic mass is 10.1. The minimum atomic E-state index is -0.250. The average Bonchev–Trinajstić information content (AvgIpc) is 2.24. The molecule has 2 N–H and O–H groups in total. The Morgan fingerprint density at radius 2 is 2.19 bits per heavy atom. The second kappa shape index (κ2) is 6.21. The predicted molar refractivity (Wildman–Crippen MR) is 64.4 cm³/mol. The Balaban J connectivity index is 2.09. The molecule has 1 heterocycles. The van der Waals surface area contributed by atoms with Crippen LogP contribution in [0.3, 0.4) is 0 Å². The van der Waals surface area contributed by atoms with E-state index >= 15 is 0 Å². The van der Waals surface area contributed by atoms with Crippen LogP contribution in [-0.4, -0.2) is 37.2 Å². The van der Waals surface area contributed by atoms with Gasteiger partial charge in [-0.1, -0.05) is 6.42 Å². The first kappa shape index (κ1) is 13.5. The molecule has 0 aromatic rings. The molecule has 4 heteroatoms. The molecule has 1 rings (SSSR count). The molecule has 1 amide bonds. The molecule has 1 unspecified atom stereocenters. The fourth-order valence-corrected chi connectivity index (χ4v) is 1.67. The van der Waals surface area contributed by atoms with Crippen molar-refractivity contribution in [2.45, 2.75) is 51.7 Å². The smallest absolute Gasteiger partial charge is 0.246 e. The summed E-state index contributed by atoms with van der Waals surface area (Å²) < 4.78 is 5.40. The molecule has 1 fully saturated rings. The number of rotatable bonds is 4. The molecule has 4 nitrogen and oxygen atoms in total. The summed E-state index contributed by atoms with van der Waals surface area (Å²) in [6.45, 7) is 7.77. The lowest BCUT2D eigenvalue weighted by molar-refractivity contribution is -0.130. The summed E-state index contributed by atoms with van der Waals surface area (Å²) in [7, 11) is 0. The van der Waals surface area contributed by atoms with E-state index in [1.165, 1.54) is 12.8 Å². The fraction of sp³-hybridized carbons (Fsp3) is 0.917. The first-order valence-electron chi connectivity index (χ1n) is 6.11. The number of piperidine rings is 1. The second-order valence-corrected chi connectivity index (χ2v) is 5.35. The third-order valence-corrected chi connectivity index (χ3v) is 2.59. The maximum atomic E-state index is 11.5. The highest BCUT2D eigenvalue weighted by atomic mass is 16.5.